The molecule has 1 N–H and O–H groups in total. The van der Waals surface area contributed by atoms with E-state index < -0.39 is 0 Å². The molecule has 94 valence electrons. The quantitative estimate of drug-likeness (QED) is 0.862. The number of hydrogen-bond acceptors (Lipinski definition) is 2. The smallest absolute Gasteiger partial charge is 0.123 e. The van der Waals surface area contributed by atoms with Gasteiger partial charge in [0.2, 0.25) is 0 Å². The maximum atomic E-state index is 5.54. The van der Waals surface area contributed by atoms with E-state index in [0.717, 1.165) is 12.2 Å². The van der Waals surface area contributed by atoms with Crippen molar-refractivity contribution in [2.75, 3.05) is 14.2 Å². The summed E-state index contributed by atoms with van der Waals surface area (Å²) in [4.78, 5) is 0. The molecule has 2 nitrogen and oxygen atoms in total. The summed E-state index contributed by atoms with van der Waals surface area (Å²) in [5.41, 5.74) is 2.87. The molecule has 2 rings (SSSR count). The molecule has 0 heterocycles. The van der Waals surface area contributed by atoms with Crippen LogP contribution in [0.25, 0.3) is 0 Å². The van der Waals surface area contributed by atoms with E-state index >= 15 is 0 Å². The number of ether oxygens (including phenoxy) is 1. The van der Waals surface area contributed by atoms with Gasteiger partial charge in [0.15, 0.2) is 0 Å². The fourth-order valence-electron chi connectivity index (χ4n) is 2.98. The van der Waals surface area contributed by atoms with Gasteiger partial charge >= 0.3 is 0 Å². The SMILES string of the molecule is CCc1ccc(OC)c(C2(NC)CCCC2)c1. The Morgan fingerprint density at radius 2 is 2.00 bits per heavy atom. The minimum Gasteiger partial charge on any atom is -0.496 e. The summed E-state index contributed by atoms with van der Waals surface area (Å²) in [7, 11) is 3.84. The van der Waals surface area contributed by atoms with Gasteiger partial charge in [-0.25, -0.2) is 0 Å². The zero-order valence-corrected chi connectivity index (χ0v) is 11.2. The van der Waals surface area contributed by atoms with Crippen molar-refractivity contribution in [2.24, 2.45) is 0 Å². The van der Waals surface area contributed by atoms with E-state index in [1.165, 1.54) is 36.8 Å². The van der Waals surface area contributed by atoms with Crippen molar-refractivity contribution < 1.29 is 4.74 Å². The van der Waals surface area contributed by atoms with Crippen molar-refractivity contribution >= 4 is 0 Å². The van der Waals surface area contributed by atoms with Crippen LogP contribution in [0.5, 0.6) is 5.75 Å². The first-order valence-corrected chi connectivity index (χ1v) is 6.62. The van der Waals surface area contributed by atoms with E-state index in [9.17, 15) is 0 Å². The molecule has 0 aliphatic heterocycles. The van der Waals surface area contributed by atoms with Crippen molar-refractivity contribution in [3.63, 3.8) is 0 Å². The molecular formula is C15H23NO. The lowest BCUT2D eigenvalue weighted by atomic mass is 9.86. The van der Waals surface area contributed by atoms with Gasteiger partial charge in [0.1, 0.15) is 5.75 Å². The molecule has 1 aromatic carbocycles. The molecule has 0 saturated heterocycles. The van der Waals surface area contributed by atoms with Gasteiger partial charge in [0.05, 0.1) is 7.11 Å². The fourth-order valence-corrected chi connectivity index (χ4v) is 2.98. The van der Waals surface area contributed by atoms with Crippen LogP contribution in [-0.4, -0.2) is 14.2 Å². The van der Waals surface area contributed by atoms with Crippen molar-refractivity contribution in [3.8, 4) is 5.75 Å². The van der Waals surface area contributed by atoms with Crippen LogP contribution >= 0.6 is 0 Å². The molecule has 0 atom stereocenters. The van der Waals surface area contributed by atoms with E-state index in [1.54, 1.807) is 7.11 Å². The van der Waals surface area contributed by atoms with Gasteiger partial charge in [-0.3, -0.25) is 0 Å². The highest BCUT2D eigenvalue weighted by atomic mass is 16.5. The largest absolute Gasteiger partial charge is 0.496 e. The van der Waals surface area contributed by atoms with Crippen molar-refractivity contribution in [2.45, 2.75) is 44.6 Å². The van der Waals surface area contributed by atoms with Gasteiger partial charge in [0.25, 0.3) is 0 Å². The summed E-state index contributed by atoms with van der Waals surface area (Å²) < 4.78 is 5.54. The highest BCUT2D eigenvalue weighted by Crippen LogP contribution is 2.42. The van der Waals surface area contributed by atoms with Crippen LogP contribution in [0.15, 0.2) is 18.2 Å². The molecule has 1 aliphatic carbocycles. The van der Waals surface area contributed by atoms with Crippen molar-refractivity contribution in [1.82, 2.24) is 5.32 Å². The number of rotatable bonds is 4. The molecule has 0 radical (unpaired) electrons. The summed E-state index contributed by atoms with van der Waals surface area (Å²) in [6, 6.07) is 6.60. The third kappa shape index (κ3) is 2.19. The lowest BCUT2D eigenvalue weighted by Gasteiger charge is -2.31. The molecule has 2 heteroatoms. The maximum Gasteiger partial charge on any atom is 0.123 e. The predicted octanol–water partition coefficient (Wildman–Crippen LogP) is 3.25. The van der Waals surface area contributed by atoms with Gasteiger partial charge < -0.3 is 10.1 Å². The van der Waals surface area contributed by atoms with Crippen LogP contribution in [0.2, 0.25) is 0 Å². The molecule has 1 saturated carbocycles. The van der Waals surface area contributed by atoms with E-state index in [1.807, 2.05) is 0 Å². The second-order valence-electron chi connectivity index (χ2n) is 4.93. The van der Waals surface area contributed by atoms with E-state index in [-0.39, 0.29) is 5.54 Å². The molecule has 0 spiro atoms. The highest BCUT2D eigenvalue weighted by Gasteiger charge is 2.36. The highest BCUT2D eigenvalue weighted by molar-refractivity contribution is 5.43. The van der Waals surface area contributed by atoms with Crippen LogP contribution in [0, 0.1) is 0 Å². The number of aryl methyl sites for hydroxylation is 1. The first-order valence-electron chi connectivity index (χ1n) is 6.62. The van der Waals surface area contributed by atoms with Gasteiger partial charge in [0, 0.05) is 11.1 Å². The Balaban J connectivity index is 2.46. The lowest BCUT2D eigenvalue weighted by Crippen LogP contribution is -2.37. The summed E-state index contributed by atoms with van der Waals surface area (Å²) in [5.74, 6) is 1.03. The van der Waals surface area contributed by atoms with Crippen LogP contribution < -0.4 is 10.1 Å². The maximum absolute atomic E-state index is 5.54. The van der Waals surface area contributed by atoms with Crippen molar-refractivity contribution in [3.05, 3.63) is 29.3 Å². The Labute approximate surface area is 104 Å². The summed E-state index contributed by atoms with van der Waals surface area (Å²) in [6.45, 7) is 2.20. The minimum absolute atomic E-state index is 0.135. The molecule has 0 unspecified atom stereocenters. The Kier molecular flexibility index (Phi) is 3.72. The first kappa shape index (κ1) is 12.4. The summed E-state index contributed by atoms with van der Waals surface area (Å²) in [6.07, 6.45) is 6.12. The van der Waals surface area contributed by atoms with Crippen molar-refractivity contribution in [1.29, 1.82) is 0 Å². The van der Waals surface area contributed by atoms with E-state index in [0.29, 0.717) is 0 Å². The van der Waals surface area contributed by atoms with Crippen LogP contribution in [0.1, 0.15) is 43.7 Å². The third-order valence-corrected chi connectivity index (χ3v) is 4.12. The van der Waals surface area contributed by atoms with Gasteiger partial charge in [-0.05, 0) is 37.9 Å². The summed E-state index contributed by atoms with van der Waals surface area (Å²) in [5, 5.41) is 3.54. The Hall–Kier alpha value is -1.02. The molecule has 1 fully saturated rings. The normalized spacial score (nSPS) is 18.3. The Morgan fingerprint density at radius 3 is 2.53 bits per heavy atom. The van der Waals surface area contributed by atoms with Gasteiger partial charge in [-0.1, -0.05) is 31.9 Å². The molecule has 0 amide bonds. The Bertz CT molecular complexity index is 381. The molecular weight excluding hydrogens is 210 g/mol. The van der Waals surface area contributed by atoms with Crippen LogP contribution in [0.3, 0.4) is 0 Å². The zero-order chi connectivity index (χ0) is 12.3. The number of methoxy groups -OCH3 is 1. The zero-order valence-electron chi connectivity index (χ0n) is 11.2. The molecule has 17 heavy (non-hydrogen) atoms. The average molecular weight is 233 g/mol. The minimum atomic E-state index is 0.135. The topological polar surface area (TPSA) is 21.3 Å². The predicted molar refractivity (Wildman–Crippen MR) is 71.6 cm³/mol. The number of nitrogens with one attached hydrogen (secondary N) is 1. The lowest BCUT2D eigenvalue weighted by molar-refractivity contribution is 0.339. The van der Waals surface area contributed by atoms with Crippen LogP contribution in [0.4, 0.5) is 0 Å². The molecule has 1 aromatic rings. The Morgan fingerprint density at radius 1 is 1.29 bits per heavy atom. The molecule has 0 aromatic heterocycles. The fraction of sp³-hybridized carbons (Fsp3) is 0.600. The van der Waals surface area contributed by atoms with Gasteiger partial charge in [-0.15, -0.1) is 0 Å². The van der Waals surface area contributed by atoms with E-state index in [4.69, 9.17) is 4.74 Å². The second kappa shape index (κ2) is 5.09. The summed E-state index contributed by atoms with van der Waals surface area (Å²) >= 11 is 0. The number of hydrogen-bond donors (Lipinski definition) is 1. The van der Waals surface area contributed by atoms with Gasteiger partial charge in [-0.2, -0.15) is 0 Å². The first-order chi connectivity index (χ1) is 8.25. The standard InChI is InChI=1S/C15H23NO/c1-4-12-7-8-14(17-3)13(11-12)15(16-2)9-5-6-10-15/h7-8,11,16H,4-6,9-10H2,1-3H3. The average Bonchev–Trinajstić information content (AvgIpc) is 2.88. The monoisotopic (exact) mass is 233 g/mol. The third-order valence-electron chi connectivity index (χ3n) is 4.12. The number of benzene rings is 1. The second-order valence-corrected chi connectivity index (χ2v) is 4.93. The molecule has 0 bridgehead atoms. The van der Waals surface area contributed by atoms with Crippen LogP contribution in [-0.2, 0) is 12.0 Å². The van der Waals surface area contributed by atoms with E-state index in [2.05, 4.69) is 37.5 Å². The molecule has 1 aliphatic rings.